The molecule has 0 aliphatic heterocycles. The Morgan fingerprint density at radius 3 is 2.71 bits per heavy atom. The number of nitrogens with zero attached hydrogens (tertiary/aromatic N) is 1. The van der Waals surface area contributed by atoms with Crippen molar-refractivity contribution in [1.82, 2.24) is 0 Å². The topological polar surface area (TPSA) is 23.8 Å². The fraction of sp³-hybridized carbons (Fsp3) is 0.154. The Morgan fingerprint density at radius 2 is 2.14 bits per heavy atom. The van der Waals surface area contributed by atoms with E-state index in [0.29, 0.717) is 5.56 Å². The normalized spacial score (nSPS) is 10.1. The first-order valence-electron chi connectivity index (χ1n) is 4.51. The first-order valence-corrected chi connectivity index (χ1v) is 4.51. The lowest BCUT2D eigenvalue weighted by Crippen LogP contribution is -1.84. The molecule has 1 rings (SSSR count). The van der Waals surface area contributed by atoms with Crippen LogP contribution >= 0.6 is 0 Å². The van der Waals surface area contributed by atoms with Crippen molar-refractivity contribution >= 4 is 5.57 Å². The molecule has 0 aromatic heterocycles. The molecule has 0 radical (unpaired) electrons. The van der Waals surface area contributed by atoms with E-state index in [1.165, 1.54) is 0 Å². The van der Waals surface area contributed by atoms with Crippen LogP contribution in [0.2, 0.25) is 0 Å². The van der Waals surface area contributed by atoms with Gasteiger partial charge in [-0.1, -0.05) is 24.8 Å². The number of benzene rings is 1. The second kappa shape index (κ2) is 4.43. The van der Waals surface area contributed by atoms with Crippen molar-refractivity contribution in [3.05, 3.63) is 53.6 Å². The maximum absolute atomic E-state index is 8.80. The van der Waals surface area contributed by atoms with Gasteiger partial charge in [0.1, 0.15) is 0 Å². The molecule has 0 amide bonds. The summed E-state index contributed by atoms with van der Waals surface area (Å²) in [6.07, 6.45) is 3.88. The molecule has 0 N–H and O–H groups in total. The van der Waals surface area contributed by atoms with Crippen molar-refractivity contribution in [3.63, 3.8) is 0 Å². The molecule has 0 aliphatic rings. The molecule has 1 aromatic carbocycles. The van der Waals surface area contributed by atoms with Crippen molar-refractivity contribution in [3.8, 4) is 6.07 Å². The monoisotopic (exact) mass is 183 g/mol. The molecular weight excluding hydrogens is 170 g/mol. The zero-order valence-electron chi connectivity index (χ0n) is 8.54. The zero-order chi connectivity index (χ0) is 10.6. The molecule has 1 aromatic rings. The van der Waals surface area contributed by atoms with Gasteiger partial charge in [0.2, 0.25) is 0 Å². The average Bonchev–Trinajstić information content (AvgIpc) is 2.17. The molecule has 0 saturated heterocycles. The van der Waals surface area contributed by atoms with Gasteiger partial charge in [-0.2, -0.15) is 5.26 Å². The van der Waals surface area contributed by atoms with E-state index in [0.717, 1.165) is 16.7 Å². The van der Waals surface area contributed by atoms with Crippen LogP contribution in [0.1, 0.15) is 23.6 Å². The predicted molar refractivity (Wildman–Crippen MR) is 59.7 cm³/mol. The van der Waals surface area contributed by atoms with Crippen molar-refractivity contribution < 1.29 is 0 Å². The minimum atomic E-state index is 0.686. The summed E-state index contributed by atoms with van der Waals surface area (Å²) in [5.74, 6) is 0. The van der Waals surface area contributed by atoms with Gasteiger partial charge in [-0.3, -0.25) is 0 Å². The first kappa shape index (κ1) is 10.3. The second-order valence-corrected chi connectivity index (χ2v) is 3.22. The molecule has 0 unspecified atom stereocenters. The van der Waals surface area contributed by atoms with E-state index in [2.05, 4.69) is 12.6 Å². The lowest BCUT2D eigenvalue weighted by atomic mass is 10.0. The molecule has 70 valence electrons. The molecule has 0 fully saturated rings. The fourth-order valence-electron chi connectivity index (χ4n) is 1.33. The minimum Gasteiger partial charge on any atom is -0.192 e. The third-order valence-corrected chi connectivity index (χ3v) is 1.95. The van der Waals surface area contributed by atoms with Crippen molar-refractivity contribution in [1.29, 1.82) is 5.26 Å². The van der Waals surface area contributed by atoms with E-state index < -0.39 is 0 Å². The Balaban J connectivity index is 3.17. The largest absolute Gasteiger partial charge is 0.192 e. The lowest BCUT2D eigenvalue weighted by molar-refractivity contribution is 1.40. The summed E-state index contributed by atoms with van der Waals surface area (Å²) in [6, 6.07) is 7.89. The summed E-state index contributed by atoms with van der Waals surface area (Å²) in [5, 5.41) is 8.80. The van der Waals surface area contributed by atoms with Gasteiger partial charge in [0.25, 0.3) is 0 Å². The van der Waals surface area contributed by atoms with Gasteiger partial charge in [-0.25, -0.2) is 0 Å². The summed E-state index contributed by atoms with van der Waals surface area (Å²) in [7, 11) is 0. The first-order chi connectivity index (χ1) is 6.67. The van der Waals surface area contributed by atoms with E-state index in [-0.39, 0.29) is 0 Å². The van der Waals surface area contributed by atoms with Gasteiger partial charge in [0, 0.05) is 0 Å². The Bertz CT molecular complexity index is 419. The highest BCUT2D eigenvalue weighted by Crippen LogP contribution is 2.17. The van der Waals surface area contributed by atoms with Crippen LogP contribution in [0.15, 0.2) is 36.9 Å². The molecule has 14 heavy (non-hydrogen) atoms. The molecule has 0 bridgehead atoms. The molecule has 1 nitrogen and oxygen atoms in total. The average molecular weight is 183 g/mol. The molecule has 0 aliphatic carbocycles. The maximum Gasteiger partial charge on any atom is 0.0991 e. The van der Waals surface area contributed by atoms with Crippen LogP contribution in [0.5, 0.6) is 0 Å². The van der Waals surface area contributed by atoms with E-state index in [1.807, 2.05) is 44.2 Å². The van der Waals surface area contributed by atoms with Crippen LogP contribution in [-0.2, 0) is 0 Å². The van der Waals surface area contributed by atoms with Crippen LogP contribution in [0.3, 0.4) is 0 Å². The maximum atomic E-state index is 8.80. The number of hydrogen-bond acceptors (Lipinski definition) is 1. The van der Waals surface area contributed by atoms with Crippen molar-refractivity contribution in [2.24, 2.45) is 0 Å². The number of nitriles is 1. The fourth-order valence-corrected chi connectivity index (χ4v) is 1.33. The number of hydrogen-bond donors (Lipinski definition) is 0. The minimum absolute atomic E-state index is 0.686. The Morgan fingerprint density at radius 1 is 1.43 bits per heavy atom. The van der Waals surface area contributed by atoms with Crippen LogP contribution in [-0.4, -0.2) is 0 Å². The van der Waals surface area contributed by atoms with Gasteiger partial charge in [-0.15, -0.1) is 0 Å². The third kappa shape index (κ3) is 2.34. The van der Waals surface area contributed by atoms with Crippen molar-refractivity contribution in [2.45, 2.75) is 13.8 Å². The van der Waals surface area contributed by atoms with Gasteiger partial charge in [-0.05, 0) is 42.7 Å². The quantitative estimate of drug-likeness (QED) is 0.644. The summed E-state index contributed by atoms with van der Waals surface area (Å²) in [6.45, 7) is 7.87. The van der Waals surface area contributed by atoms with Gasteiger partial charge in [0.15, 0.2) is 0 Å². The Hall–Kier alpha value is -1.81. The highest BCUT2D eigenvalue weighted by Gasteiger charge is 1.99. The van der Waals surface area contributed by atoms with Crippen molar-refractivity contribution in [2.75, 3.05) is 0 Å². The molecule has 0 saturated carbocycles. The highest BCUT2D eigenvalue weighted by molar-refractivity contribution is 5.73. The number of allylic oxidation sites excluding steroid dienone is 3. The number of rotatable bonds is 2. The third-order valence-electron chi connectivity index (χ3n) is 1.95. The van der Waals surface area contributed by atoms with E-state index in [4.69, 9.17) is 5.26 Å². The summed E-state index contributed by atoms with van der Waals surface area (Å²) in [4.78, 5) is 0. The molecule has 1 heteroatoms. The summed E-state index contributed by atoms with van der Waals surface area (Å²) >= 11 is 0. The SMILES string of the molecule is C=C(/C=C\C)c1cc(C)cc(C#N)c1. The molecule has 0 atom stereocenters. The molecule has 0 heterocycles. The van der Waals surface area contributed by atoms with Crippen LogP contribution in [0.4, 0.5) is 0 Å². The Labute approximate surface area is 85.0 Å². The molecule has 0 spiro atoms. The van der Waals surface area contributed by atoms with Gasteiger partial charge >= 0.3 is 0 Å². The standard InChI is InChI=1S/C13H13N/c1-4-5-11(3)13-7-10(2)6-12(8-13)9-14/h4-8H,3H2,1-2H3/b5-4-. The predicted octanol–water partition coefficient (Wildman–Crippen LogP) is 3.46. The van der Waals surface area contributed by atoms with Gasteiger partial charge < -0.3 is 0 Å². The van der Waals surface area contributed by atoms with E-state index in [1.54, 1.807) is 0 Å². The van der Waals surface area contributed by atoms with E-state index >= 15 is 0 Å². The second-order valence-electron chi connectivity index (χ2n) is 3.22. The van der Waals surface area contributed by atoms with Gasteiger partial charge in [0.05, 0.1) is 11.6 Å². The Kier molecular flexibility index (Phi) is 3.25. The van der Waals surface area contributed by atoms with Crippen LogP contribution in [0, 0.1) is 18.3 Å². The smallest absolute Gasteiger partial charge is 0.0991 e. The summed E-state index contributed by atoms with van der Waals surface area (Å²) < 4.78 is 0. The highest BCUT2D eigenvalue weighted by atomic mass is 14.2. The zero-order valence-corrected chi connectivity index (χ0v) is 8.54. The van der Waals surface area contributed by atoms with Crippen LogP contribution in [0.25, 0.3) is 5.57 Å². The number of aryl methyl sites for hydroxylation is 1. The van der Waals surface area contributed by atoms with Crippen LogP contribution < -0.4 is 0 Å². The summed E-state index contributed by atoms with van der Waals surface area (Å²) in [5.41, 5.74) is 3.72. The lowest BCUT2D eigenvalue weighted by Gasteiger charge is -2.02. The molecular formula is C13H13N. The van der Waals surface area contributed by atoms with E-state index in [9.17, 15) is 0 Å².